The van der Waals surface area contributed by atoms with E-state index in [1.807, 2.05) is 0 Å². The van der Waals surface area contributed by atoms with E-state index in [2.05, 4.69) is 15.2 Å². The van der Waals surface area contributed by atoms with Gasteiger partial charge >= 0.3 is 5.97 Å². The van der Waals surface area contributed by atoms with Crippen LogP contribution >= 0.6 is 0 Å². The molecule has 1 aromatic carbocycles. The number of ether oxygens (including phenoxy) is 1. The summed E-state index contributed by atoms with van der Waals surface area (Å²) in [5, 5.41) is 23.6. The maximum Gasteiger partial charge on any atom is 0.335 e. The average molecular weight is 238 g/mol. The lowest BCUT2D eigenvalue weighted by molar-refractivity contribution is 0.0696. The Labute approximate surface area is 93.9 Å². The molecule has 0 saturated heterocycles. The van der Waals surface area contributed by atoms with Gasteiger partial charge in [0.2, 0.25) is 0 Å². The van der Waals surface area contributed by atoms with Crippen molar-refractivity contribution in [1.29, 1.82) is 0 Å². The molecule has 0 radical (unpaired) electrons. The van der Waals surface area contributed by atoms with Gasteiger partial charge < -0.3 is 14.9 Å². The van der Waals surface area contributed by atoms with Crippen LogP contribution in [0.15, 0.2) is 22.4 Å². The predicted molar refractivity (Wildman–Crippen MR) is 55.2 cm³/mol. The molecule has 0 heterocycles. The number of aromatic hydroxyl groups is 1. The van der Waals surface area contributed by atoms with E-state index in [-0.39, 0.29) is 11.3 Å². The van der Waals surface area contributed by atoms with Crippen LogP contribution in [-0.4, -0.2) is 22.9 Å². The van der Waals surface area contributed by atoms with E-state index in [0.717, 1.165) is 12.1 Å². The Bertz CT molecular complexity index is 509. The minimum absolute atomic E-state index is 0.273. The molecule has 0 atom stereocenters. The highest BCUT2D eigenvalue weighted by molar-refractivity contribution is 5.90. The van der Waals surface area contributed by atoms with Crippen LogP contribution in [0.2, 0.25) is 0 Å². The van der Waals surface area contributed by atoms with Gasteiger partial charge in [-0.05, 0) is 22.8 Å². The Morgan fingerprint density at radius 2 is 2.24 bits per heavy atom. The molecule has 1 aromatic rings. The number of azide groups is 1. The van der Waals surface area contributed by atoms with Crippen molar-refractivity contribution >= 4 is 11.7 Å². The van der Waals surface area contributed by atoms with Crippen LogP contribution in [-0.2, 0) is 0 Å². The van der Waals surface area contributed by atoms with Crippen molar-refractivity contribution < 1.29 is 19.7 Å². The van der Waals surface area contributed by atoms with Gasteiger partial charge in [-0.15, -0.1) is 4.91 Å². The third-order valence-corrected chi connectivity index (χ3v) is 1.73. The lowest BCUT2D eigenvalue weighted by Gasteiger charge is -2.07. The van der Waals surface area contributed by atoms with Crippen molar-refractivity contribution in [2.75, 3.05) is 6.73 Å². The van der Waals surface area contributed by atoms with Crippen molar-refractivity contribution in [1.82, 2.24) is 0 Å². The summed E-state index contributed by atoms with van der Waals surface area (Å²) in [5.74, 6) is -2.22. The molecule has 0 aliphatic rings. The summed E-state index contributed by atoms with van der Waals surface area (Å²) in [6.45, 7) is -0.457. The third kappa shape index (κ3) is 2.83. The van der Waals surface area contributed by atoms with Gasteiger partial charge in [0.1, 0.15) is 5.75 Å². The van der Waals surface area contributed by atoms with E-state index in [0.29, 0.717) is 0 Å². The standard InChI is InChI=1S/C8H6N4O5/c9-12-10-3-17-6-2-4(8(14)15)1-5(13)7(6)11-16/h1-2,13H,3H2,(H,14,15). The minimum Gasteiger partial charge on any atom is -0.505 e. The smallest absolute Gasteiger partial charge is 0.335 e. The molecule has 0 unspecified atom stereocenters. The molecule has 0 aromatic heterocycles. The Kier molecular flexibility index (Phi) is 3.85. The fraction of sp³-hybridized carbons (Fsp3) is 0.125. The summed E-state index contributed by atoms with van der Waals surface area (Å²) >= 11 is 0. The minimum atomic E-state index is -1.31. The van der Waals surface area contributed by atoms with Gasteiger partial charge in [0.05, 0.1) is 5.56 Å². The fourth-order valence-electron chi connectivity index (χ4n) is 1.04. The highest BCUT2D eigenvalue weighted by atomic mass is 16.5. The maximum atomic E-state index is 10.7. The molecule has 0 aliphatic heterocycles. The van der Waals surface area contributed by atoms with Crippen LogP contribution in [0.4, 0.5) is 5.69 Å². The second-order valence-electron chi connectivity index (χ2n) is 2.74. The van der Waals surface area contributed by atoms with Gasteiger partial charge in [0.25, 0.3) is 0 Å². The molecule has 88 valence electrons. The molecule has 0 spiro atoms. The van der Waals surface area contributed by atoms with Crippen LogP contribution in [0.25, 0.3) is 10.4 Å². The number of rotatable bonds is 5. The number of aromatic carboxylic acids is 1. The van der Waals surface area contributed by atoms with Crippen LogP contribution in [0.3, 0.4) is 0 Å². The molecule has 9 nitrogen and oxygen atoms in total. The summed E-state index contributed by atoms with van der Waals surface area (Å²) in [6, 6.07) is 1.85. The topological polar surface area (TPSA) is 145 Å². The summed E-state index contributed by atoms with van der Waals surface area (Å²) in [7, 11) is 0. The van der Waals surface area contributed by atoms with Gasteiger partial charge in [-0.2, -0.15) is 0 Å². The van der Waals surface area contributed by atoms with E-state index < -0.39 is 24.1 Å². The molecular formula is C8H6N4O5. The fourth-order valence-corrected chi connectivity index (χ4v) is 1.04. The van der Waals surface area contributed by atoms with E-state index in [4.69, 9.17) is 15.4 Å². The summed E-state index contributed by atoms with van der Waals surface area (Å²) in [4.78, 5) is 23.5. The Balaban J connectivity index is 3.18. The second-order valence-corrected chi connectivity index (χ2v) is 2.74. The largest absolute Gasteiger partial charge is 0.505 e. The molecule has 1 rings (SSSR count). The van der Waals surface area contributed by atoms with Crippen molar-refractivity contribution in [3.05, 3.63) is 33.0 Å². The van der Waals surface area contributed by atoms with Gasteiger partial charge in [0, 0.05) is 4.91 Å². The predicted octanol–water partition coefficient (Wildman–Crippen LogP) is 2.13. The van der Waals surface area contributed by atoms with Crippen LogP contribution < -0.4 is 4.74 Å². The van der Waals surface area contributed by atoms with Gasteiger partial charge in [-0.3, -0.25) is 0 Å². The molecule has 0 aliphatic carbocycles. The SMILES string of the molecule is [N-]=[N+]=NCOc1cc(C(=O)O)cc(O)c1N=O. The van der Waals surface area contributed by atoms with Crippen LogP contribution in [0, 0.1) is 4.91 Å². The first kappa shape index (κ1) is 12.3. The van der Waals surface area contributed by atoms with Gasteiger partial charge in [-0.1, -0.05) is 5.11 Å². The number of hydrogen-bond donors (Lipinski definition) is 2. The quantitative estimate of drug-likeness (QED) is 0.349. The number of carboxylic acids is 1. The van der Waals surface area contributed by atoms with E-state index in [9.17, 15) is 14.8 Å². The van der Waals surface area contributed by atoms with Crippen molar-refractivity contribution in [3.63, 3.8) is 0 Å². The molecule has 0 fully saturated rings. The number of benzene rings is 1. The monoisotopic (exact) mass is 238 g/mol. The molecule has 0 saturated carbocycles. The second kappa shape index (κ2) is 5.33. The van der Waals surface area contributed by atoms with Crippen molar-refractivity contribution in [3.8, 4) is 11.5 Å². The highest BCUT2D eigenvalue weighted by Crippen LogP contribution is 2.37. The van der Waals surface area contributed by atoms with Gasteiger partial charge in [0.15, 0.2) is 18.2 Å². The first-order valence-electron chi connectivity index (χ1n) is 4.17. The number of nitrogens with zero attached hydrogens (tertiary/aromatic N) is 4. The summed E-state index contributed by atoms with van der Waals surface area (Å²) in [6.07, 6.45) is 0. The van der Waals surface area contributed by atoms with Crippen molar-refractivity contribution in [2.45, 2.75) is 0 Å². The lowest BCUT2D eigenvalue weighted by atomic mass is 10.1. The number of hydrogen-bond acceptors (Lipinski definition) is 6. The van der Waals surface area contributed by atoms with Crippen LogP contribution in [0.5, 0.6) is 11.5 Å². The van der Waals surface area contributed by atoms with Gasteiger partial charge in [-0.25, -0.2) is 4.79 Å². The Morgan fingerprint density at radius 3 is 2.76 bits per heavy atom. The number of carbonyl (C=O) groups is 1. The normalized spacial score (nSPS) is 9.18. The lowest BCUT2D eigenvalue weighted by Crippen LogP contribution is -1.99. The number of phenolic OH excluding ortho intramolecular Hbond substituents is 1. The Hall–Kier alpha value is -2.80. The maximum absolute atomic E-state index is 10.7. The average Bonchev–Trinajstić information content (AvgIpc) is 2.28. The molecular weight excluding hydrogens is 232 g/mol. The summed E-state index contributed by atoms with van der Waals surface area (Å²) < 4.78 is 4.80. The van der Waals surface area contributed by atoms with Crippen LogP contribution in [0.1, 0.15) is 10.4 Å². The zero-order valence-corrected chi connectivity index (χ0v) is 8.27. The zero-order chi connectivity index (χ0) is 12.8. The summed E-state index contributed by atoms with van der Waals surface area (Å²) in [5.41, 5.74) is 7.28. The first-order chi connectivity index (χ1) is 8.10. The molecule has 17 heavy (non-hydrogen) atoms. The number of nitroso groups, excluding NO2 is 1. The molecule has 9 heteroatoms. The molecule has 2 N–H and O–H groups in total. The number of carboxylic acid groups (broad SMARTS) is 1. The first-order valence-corrected chi connectivity index (χ1v) is 4.17. The van der Waals surface area contributed by atoms with E-state index in [1.54, 1.807) is 0 Å². The van der Waals surface area contributed by atoms with E-state index >= 15 is 0 Å². The Morgan fingerprint density at radius 1 is 1.53 bits per heavy atom. The molecule has 0 bridgehead atoms. The highest BCUT2D eigenvalue weighted by Gasteiger charge is 2.15. The zero-order valence-electron chi connectivity index (χ0n) is 8.27. The molecule has 0 amide bonds. The number of phenols is 1. The third-order valence-electron chi connectivity index (χ3n) is 1.73. The van der Waals surface area contributed by atoms with E-state index in [1.165, 1.54) is 0 Å². The van der Waals surface area contributed by atoms with Crippen molar-refractivity contribution in [2.24, 2.45) is 10.3 Å².